The van der Waals surface area contributed by atoms with Crippen molar-refractivity contribution in [2.24, 2.45) is 0 Å². The lowest BCUT2D eigenvalue weighted by atomic mass is 10.1. The van der Waals surface area contributed by atoms with Gasteiger partial charge in [-0.2, -0.15) is 0 Å². The zero-order valence-electron chi connectivity index (χ0n) is 12.8. The SMILES string of the molecule is CN1CCOc2ccc(NS(=O)(=O)c3ccccc3Br)cc2C1=O. The number of benzene rings is 2. The van der Waals surface area contributed by atoms with Crippen molar-refractivity contribution in [2.75, 3.05) is 24.9 Å². The lowest BCUT2D eigenvalue weighted by Gasteiger charge is -2.14. The van der Waals surface area contributed by atoms with Gasteiger partial charge in [0.1, 0.15) is 17.3 Å². The van der Waals surface area contributed by atoms with Crippen LogP contribution in [0.1, 0.15) is 10.4 Å². The highest BCUT2D eigenvalue weighted by atomic mass is 79.9. The number of carbonyl (C=O) groups is 1. The van der Waals surface area contributed by atoms with Crippen molar-refractivity contribution in [3.63, 3.8) is 0 Å². The van der Waals surface area contributed by atoms with Crippen molar-refractivity contribution < 1.29 is 17.9 Å². The summed E-state index contributed by atoms with van der Waals surface area (Å²) in [5.74, 6) is 0.248. The molecule has 0 radical (unpaired) electrons. The average molecular weight is 411 g/mol. The summed E-state index contributed by atoms with van der Waals surface area (Å²) in [7, 11) is -2.09. The smallest absolute Gasteiger partial charge is 0.263 e. The van der Waals surface area contributed by atoms with E-state index in [2.05, 4.69) is 20.7 Å². The molecule has 1 N–H and O–H groups in total. The van der Waals surface area contributed by atoms with Crippen LogP contribution in [0.2, 0.25) is 0 Å². The molecule has 0 unspecified atom stereocenters. The number of likely N-dealkylation sites (N-methyl/N-ethyl adjacent to an activating group) is 1. The van der Waals surface area contributed by atoms with E-state index < -0.39 is 10.0 Å². The fourth-order valence-electron chi connectivity index (χ4n) is 2.36. The molecule has 2 aromatic carbocycles. The van der Waals surface area contributed by atoms with Gasteiger partial charge in [0.15, 0.2) is 0 Å². The second-order valence-electron chi connectivity index (χ2n) is 5.32. The molecule has 0 aromatic heterocycles. The predicted molar refractivity (Wildman–Crippen MR) is 93.8 cm³/mol. The van der Waals surface area contributed by atoms with Crippen molar-refractivity contribution in [2.45, 2.75) is 4.90 Å². The Morgan fingerprint density at radius 1 is 1.21 bits per heavy atom. The molecule has 0 bridgehead atoms. The summed E-state index contributed by atoms with van der Waals surface area (Å²) in [6.07, 6.45) is 0. The van der Waals surface area contributed by atoms with Crippen LogP contribution in [0, 0.1) is 0 Å². The van der Waals surface area contributed by atoms with Crippen LogP contribution < -0.4 is 9.46 Å². The van der Waals surface area contributed by atoms with Gasteiger partial charge < -0.3 is 9.64 Å². The third-order valence-electron chi connectivity index (χ3n) is 3.62. The highest BCUT2D eigenvalue weighted by Crippen LogP contribution is 2.28. The molecule has 0 aliphatic carbocycles. The molecule has 0 spiro atoms. The molecule has 24 heavy (non-hydrogen) atoms. The molecule has 0 saturated carbocycles. The van der Waals surface area contributed by atoms with Crippen molar-refractivity contribution in [3.05, 3.63) is 52.5 Å². The number of hydrogen-bond acceptors (Lipinski definition) is 4. The first-order valence-electron chi connectivity index (χ1n) is 7.18. The fourth-order valence-corrected chi connectivity index (χ4v) is 4.41. The van der Waals surface area contributed by atoms with Gasteiger partial charge in [0.05, 0.1) is 12.1 Å². The summed E-state index contributed by atoms with van der Waals surface area (Å²) in [5.41, 5.74) is 0.638. The standard InChI is InChI=1S/C16H15BrN2O4S/c1-19-8-9-23-14-7-6-11(10-12(14)16(19)20)18-24(21,22)15-5-3-2-4-13(15)17/h2-7,10,18H,8-9H2,1H3. The summed E-state index contributed by atoms with van der Waals surface area (Å²) >= 11 is 3.23. The summed E-state index contributed by atoms with van der Waals surface area (Å²) in [6, 6.07) is 11.2. The Hall–Kier alpha value is -2.06. The Morgan fingerprint density at radius 2 is 1.96 bits per heavy atom. The van der Waals surface area contributed by atoms with Crippen LogP contribution in [0.3, 0.4) is 0 Å². The Balaban J connectivity index is 1.96. The largest absolute Gasteiger partial charge is 0.491 e. The minimum Gasteiger partial charge on any atom is -0.491 e. The molecule has 0 atom stereocenters. The quantitative estimate of drug-likeness (QED) is 0.843. The number of hydrogen-bond donors (Lipinski definition) is 1. The van der Waals surface area contributed by atoms with Gasteiger partial charge >= 0.3 is 0 Å². The molecule has 1 aliphatic rings. The Bertz CT molecular complexity index is 899. The zero-order valence-corrected chi connectivity index (χ0v) is 15.2. The van der Waals surface area contributed by atoms with E-state index >= 15 is 0 Å². The van der Waals surface area contributed by atoms with Crippen LogP contribution in [0.15, 0.2) is 51.8 Å². The van der Waals surface area contributed by atoms with Gasteiger partial charge in [-0.1, -0.05) is 12.1 Å². The molecule has 8 heteroatoms. The van der Waals surface area contributed by atoms with E-state index in [0.717, 1.165) is 0 Å². The van der Waals surface area contributed by atoms with E-state index in [4.69, 9.17) is 4.74 Å². The van der Waals surface area contributed by atoms with Crippen molar-refractivity contribution in [1.29, 1.82) is 0 Å². The van der Waals surface area contributed by atoms with Crippen LogP contribution in [-0.4, -0.2) is 39.4 Å². The number of carbonyl (C=O) groups excluding carboxylic acids is 1. The van der Waals surface area contributed by atoms with Gasteiger partial charge in [-0.05, 0) is 46.3 Å². The lowest BCUT2D eigenvalue weighted by Crippen LogP contribution is -2.27. The number of nitrogens with one attached hydrogen (secondary N) is 1. The lowest BCUT2D eigenvalue weighted by molar-refractivity contribution is 0.0797. The second kappa shape index (κ2) is 6.45. The van der Waals surface area contributed by atoms with Crippen molar-refractivity contribution in [3.8, 4) is 5.75 Å². The molecular formula is C16H15BrN2O4S. The number of halogens is 1. The molecule has 1 heterocycles. The summed E-state index contributed by atoms with van der Waals surface area (Å²) in [6.45, 7) is 0.878. The summed E-state index contributed by atoms with van der Waals surface area (Å²) in [5, 5.41) is 0. The minimum atomic E-state index is -3.77. The summed E-state index contributed by atoms with van der Waals surface area (Å²) < 4.78 is 33.6. The van der Waals surface area contributed by atoms with Gasteiger partial charge in [-0.3, -0.25) is 9.52 Å². The zero-order chi connectivity index (χ0) is 17.3. The van der Waals surface area contributed by atoms with Gasteiger partial charge in [0.2, 0.25) is 0 Å². The van der Waals surface area contributed by atoms with Gasteiger partial charge in [-0.25, -0.2) is 8.42 Å². The van der Waals surface area contributed by atoms with Crippen LogP contribution in [-0.2, 0) is 10.0 Å². The number of rotatable bonds is 3. The van der Waals surface area contributed by atoms with Gasteiger partial charge in [0, 0.05) is 17.2 Å². The van der Waals surface area contributed by atoms with Crippen LogP contribution in [0.25, 0.3) is 0 Å². The van der Waals surface area contributed by atoms with E-state index in [1.165, 1.54) is 17.0 Å². The summed E-state index contributed by atoms with van der Waals surface area (Å²) in [4.78, 5) is 14.0. The Kier molecular flexibility index (Phi) is 4.51. The number of fused-ring (bicyclic) bond motifs is 1. The molecule has 126 valence electrons. The maximum Gasteiger partial charge on any atom is 0.263 e. The monoisotopic (exact) mass is 410 g/mol. The van der Waals surface area contributed by atoms with Gasteiger partial charge in [0.25, 0.3) is 15.9 Å². The molecule has 1 amide bonds. The van der Waals surface area contributed by atoms with E-state index in [1.54, 1.807) is 37.4 Å². The number of ether oxygens (including phenoxy) is 1. The number of amides is 1. The number of anilines is 1. The van der Waals surface area contributed by atoms with Crippen LogP contribution in [0.4, 0.5) is 5.69 Å². The fraction of sp³-hybridized carbons (Fsp3) is 0.188. The maximum atomic E-state index is 12.5. The number of sulfonamides is 1. The highest BCUT2D eigenvalue weighted by molar-refractivity contribution is 9.10. The normalized spacial score (nSPS) is 14.6. The van der Waals surface area contributed by atoms with Gasteiger partial charge in [-0.15, -0.1) is 0 Å². The van der Waals surface area contributed by atoms with Crippen LogP contribution in [0.5, 0.6) is 5.75 Å². The molecule has 6 nitrogen and oxygen atoms in total. The molecule has 0 saturated heterocycles. The minimum absolute atomic E-state index is 0.125. The van der Waals surface area contributed by atoms with E-state index in [9.17, 15) is 13.2 Å². The Morgan fingerprint density at radius 3 is 2.71 bits per heavy atom. The molecule has 3 rings (SSSR count). The first-order valence-corrected chi connectivity index (χ1v) is 9.46. The topological polar surface area (TPSA) is 75.7 Å². The molecular weight excluding hydrogens is 396 g/mol. The first-order chi connectivity index (χ1) is 11.4. The number of nitrogens with zero attached hydrogens (tertiary/aromatic N) is 1. The molecule has 0 fully saturated rings. The average Bonchev–Trinajstić information content (AvgIpc) is 2.67. The molecule has 2 aromatic rings. The Labute approximate surface area is 148 Å². The highest BCUT2D eigenvalue weighted by Gasteiger charge is 2.23. The third kappa shape index (κ3) is 3.25. The van der Waals surface area contributed by atoms with E-state index in [0.29, 0.717) is 34.6 Å². The van der Waals surface area contributed by atoms with Crippen molar-refractivity contribution >= 4 is 37.5 Å². The predicted octanol–water partition coefficient (Wildman–Crippen LogP) is 2.71. The van der Waals surface area contributed by atoms with Crippen LogP contribution >= 0.6 is 15.9 Å². The van der Waals surface area contributed by atoms with Crippen molar-refractivity contribution in [1.82, 2.24) is 4.90 Å². The maximum absolute atomic E-state index is 12.5. The second-order valence-corrected chi connectivity index (χ2v) is 7.83. The molecule has 1 aliphatic heterocycles. The van der Waals surface area contributed by atoms with E-state index in [-0.39, 0.29) is 10.8 Å². The third-order valence-corrected chi connectivity index (χ3v) is 6.01. The van der Waals surface area contributed by atoms with E-state index in [1.807, 2.05) is 0 Å². The first kappa shape index (κ1) is 16.8.